The second kappa shape index (κ2) is 4.07. The third-order valence-corrected chi connectivity index (χ3v) is 2.00. The predicted molar refractivity (Wildman–Crippen MR) is 50.6 cm³/mol. The molecular formula is C9H22N2. The summed E-state index contributed by atoms with van der Waals surface area (Å²) in [5.74, 6) is 0. The molecule has 0 aliphatic heterocycles. The molecule has 0 spiro atoms. The standard InChI is InChI=1S/C9H22N2/c1-9(2,3)8(10)6-7-11(4)5/h8H,6-7,10H2,1-5H3. The monoisotopic (exact) mass is 158 g/mol. The van der Waals surface area contributed by atoms with E-state index in [2.05, 4.69) is 39.8 Å². The molecule has 0 aromatic rings. The lowest BCUT2D eigenvalue weighted by Gasteiger charge is -2.27. The maximum Gasteiger partial charge on any atom is 0.00998 e. The van der Waals surface area contributed by atoms with Crippen molar-refractivity contribution in [3.8, 4) is 0 Å². The number of hydrogen-bond donors (Lipinski definition) is 1. The molecule has 0 aliphatic rings. The van der Waals surface area contributed by atoms with Gasteiger partial charge in [-0.25, -0.2) is 0 Å². The zero-order valence-electron chi connectivity index (χ0n) is 8.52. The molecule has 0 radical (unpaired) electrons. The van der Waals surface area contributed by atoms with Gasteiger partial charge in [-0.3, -0.25) is 0 Å². The van der Waals surface area contributed by atoms with Gasteiger partial charge in [-0.05, 0) is 32.5 Å². The van der Waals surface area contributed by atoms with Crippen LogP contribution in [0.1, 0.15) is 27.2 Å². The molecule has 0 amide bonds. The number of hydrogen-bond acceptors (Lipinski definition) is 2. The molecule has 0 bridgehead atoms. The van der Waals surface area contributed by atoms with Crippen molar-refractivity contribution in [2.24, 2.45) is 11.1 Å². The molecule has 0 aromatic carbocycles. The fraction of sp³-hybridized carbons (Fsp3) is 1.00. The van der Waals surface area contributed by atoms with E-state index in [0.717, 1.165) is 13.0 Å². The zero-order chi connectivity index (χ0) is 9.07. The second-order valence-electron chi connectivity index (χ2n) is 4.56. The molecule has 0 fully saturated rings. The molecule has 11 heavy (non-hydrogen) atoms. The molecular weight excluding hydrogens is 136 g/mol. The summed E-state index contributed by atoms with van der Waals surface area (Å²) in [5, 5.41) is 0. The summed E-state index contributed by atoms with van der Waals surface area (Å²) in [4.78, 5) is 2.17. The average Bonchev–Trinajstić information content (AvgIpc) is 1.80. The van der Waals surface area contributed by atoms with Crippen LogP contribution in [0.5, 0.6) is 0 Å². The third kappa shape index (κ3) is 5.22. The van der Waals surface area contributed by atoms with Gasteiger partial charge in [0, 0.05) is 6.04 Å². The van der Waals surface area contributed by atoms with E-state index in [1.165, 1.54) is 0 Å². The van der Waals surface area contributed by atoms with Gasteiger partial charge in [0.15, 0.2) is 0 Å². The first kappa shape index (κ1) is 10.9. The Hall–Kier alpha value is -0.0800. The molecule has 1 atom stereocenters. The van der Waals surface area contributed by atoms with Crippen LogP contribution in [0.15, 0.2) is 0 Å². The van der Waals surface area contributed by atoms with Gasteiger partial charge >= 0.3 is 0 Å². The summed E-state index contributed by atoms with van der Waals surface area (Å²) < 4.78 is 0. The third-order valence-electron chi connectivity index (χ3n) is 2.00. The molecule has 2 heteroatoms. The number of nitrogens with zero attached hydrogens (tertiary/aromatic N) is 1. The predicted octanol–water partition coefficient (Wildman–Crippen LogP) is 1.31. The van der Waals surface area contributed by atoms with Crippen molar-refractivity contribution in [2.45, 2.75) is 33.2 Å². The SMILES string of the molecule is CN(C)CCC(N)C(C)(C)C. The van der Waals surface area contributed by atoms with Gasteiger partial charge in [-0.15, -0.1) is 0 Å². The highest BCUT2D eigenvalue weighted by atomic mass is 15.0. The maximum atomic E-state index is 5.97. The Balaban J connectivity index is 3.61. The van der Waals surface area contributed by atoms with Crippen molar-refractivity contribution in [3.05, 3.63) is 0 Å². The van der Waals surface area contributed by atoms with E-state index in [-0.39, 0.29) is 5.41 Å². The Labute approximate surface area is 70.8 Å². The summed E-state index contributed by atoms with van der Waals surface area (Å²) >= 11 is 0. The highest BCUT2D eigenvalue weighted by Gasteiger charge is 2.19. The first-order valence-corrected chi connectivity index (χ1v) is 4.24. The molecule has 0 aliphatic carbocycles. The smallest absolute Gasteiger partial charge is 0.00998 e. The summed E-state index contributed by atoms with van der Waals surface area (Å²) in [6.45, 7) is 7.65. The van der Waals surface area contributed by atoms with Crippen LogP contribution >= 0.6 is 0 Å². The average molecular weight is 158 g/mol. The first-order chi connectivity index (χ1) is 4.84. The van der Waals surface area contributed by atoms with E-state index >= 15 is 0 Å². The first-order valence-electron chi connectivity index (χ1n) is 4.24. The largest absolute Gasteiger partial charge is 0.327 e. The lowest BCUT2D eigenvalue weighted by atomic mass is 9.85. The van der Waals surface area contributed by atoms with Gasteiger partial charge in [0.2, 0.25) is 0 Å². The lowest BCUT2D eigenvalue weighted by Crippen LogP contribution is -2.37. The van der Waals surface area contributed by atoms with Gasteiger partial charge in [0.25, 0.3) is 0 Å². The van der Waals surface area contributed by atoms with Crippen LogP contribution in [0.2, 0.25) is 0 Å². The van der Waals surface area contributed by atoms with E-state index in [9.17, 15) is 0 Å². The molecule has 0 heterocycles. The minimum atomic E-state index is 0.246. The van der Waals surface area contributed by atoms with Crippen LogP contribution in [0, 0.1) is 5.41 Å². The van der Waals surface area contributed by atoms with E-state index in [4.69, 9.17) is 5.73 Å². The molecule has 0 saturated carbocycles. The van der Waals surface area contributed by atoms with Crippen LogP contribution in [-0.4, -0.2) is 31.6 Å². The van der Waals surface area contributed by atoms with Gasteiger partial charge in [0.05, 0.1) is 0 Å². The van der Waals surface area contributed by atoms with Gasteiger partial charge in [-0.2, -0.15) is 0 Å². The molecule has 68 valence electrons. The molecule has 2 N–H and O–H groups in total. The molecule has 0 aromatic heterocycles. The highest BCUT2D eigenvalue weighted by molar-refractivity contribution is 4.77. The summed E-state index contributed by atoms with van der Waals surface area (Å²) in [5.41, 5.74) is 6.22. The van der Waals surface area contributed by atoms with E-state index in [0.29, 0.717) is 6.04 Å². The fourth-order valence-electron chi connectivity index (χ4n) is 0.830. The van der Waals surface area contributed by atoms with Gasteiger partial charge in [0.1, 0.15) is 0 Å². The lowest BCUT2D eigenvalue weighted by molar-refractivity contribution is 0.274. The molecule has 0 saturated heterocycles. The van der Waals surface area contributed by atoms with Crippen molar-refractivity contribution < 1.29 is 0 Å². The Kier molecular flexibility index (Phi) is 4.04. The highest BCUT2D eigenvalue weighted by Crippen LogP contribution is 2.19. The fourth-order valence-corrected chi connectivity index (χ4v) is 0.830. The molecule has 2 nitrogen and oxygen atoms in total. The Morgan fingerprint density at radius 3 is 2.00 bits per heavy atom. The van der Waals surface area contributed by atoms with Crippen LogP contribution < -0.4 is 5.73 Å². The molecule has 1 unspecified atom stereocenters. The zero-order valence-corrected chi connectivity index (χ0v) is 8.52. The minimum absolute atomic E-state index is 0.246. The van der Waals surface area contributed by atoms with E-state index in [1.54, 1.807) is 0 Å². The number of rotatable bonds is 3. The Bertz CT molecular complexity index is 103. The molecule has 0 rings (SSSR count). The summed E-state index contributed by atoms with van der Waals surface area (Å²) in [6, 6.07) is 0.310. The van der Waals surface area contributed by atoms with Crippen molar-refractivity contribution in [1.29, 1.82) is 0 Å². The Morgan fingerprint density at radius 1 is 1.27 bits per heavy atom. The maximum absolute atomic E-state index is 5.97. The van der Waals surface area contributed by atoms with Crippen molar-refractivity contribution in [3.63, 3.8) is 0 Å². The quantitative estimate of drug-likeness (QED) is 0.671. The van der Waals surface area contributed by atoms with Crippen molar-refractivity contribution >= 4 is 0 Å². The Morgan fingerprint density at radius 2 is 1.73 bits per heavy atom. The normalized spacial score (nSPS) is 15.5. The van der Waals surface area contributed by atoms with Crippen LogP contribution in [0.4, 0.5) is 0 Å². The summed E-state index contributed by atoms with van der Waals surface area (Å²) in [7, 11) is 4.16. The minimum Gasteiger partial charge on any atom is -0.327 e. The van der Waals surface area contributed by atoms with Crippen LogP contribution in [-0.2, 0) is 0 Å². The van der Waals surface area contributed by atoms with Crippen LogP contribution in [0.25, 0.3) is 0 Å². The van der Waals surface area contributed by atoms with Crippen molar-refractivity contribution in [2.75, 3.05) is 20.6 Å². The van der Waals surface area contributed by atoms with E-state index in [1.807, 2.05) is 0 Å². The van der Waals surface area contributed by atoms with Gasteiger partial charge in [-0.1, -0.05) is 20.8 Å². The number of nitrogens with two attached hydrogens (primary N) is 1. The van der Waals surface area contributed by atoms with Crippen LogP contribution in [0.3, 0.4) is 0 Å². The van der Waals surface area contributed by atoms with Gasteiger partial charge < -0.3 is 10.6 Å². The second-order valence-corrected chi connectivity index (χ2v) is 4.56. The van der Waals surface area contributed by atoms with E-state index < -0.39 is 0 Å². The topological polar surface area (TPSA) is 29.3 Å². The summed E-state index contributed by atoms with van der Waals surface area (Å²) in [6.07, 6.45) is 1.08. The van der Waals surface area contributed by atoms with Crippen molar-refractivity contribution in [1.82, 2.24) is 4.90 Å².